The second-order valence-electron chi connectivity index (χ2n) is 5.18. The van der Waals surface area contributed by atoms with Gasteiger partial charge in [-0.05, 0) is 42.0 Å². The van der Waals surface area contributed by atoms with Gasteiger partial charge in [0.25, 0.3) is 11.1 Å². The number of imide groups is 1. The van der Waals surface area contributed by atoms with E-state index >= 15 is 0 Å². The second kappa shape index (κ2) is 8.21. The Hall–Kier alpha value is -1.99. The third kappa shape index (κ3) is 4.52. The molecule has 1 aromatic carbocycles. The normalized spacial score (nSPS) is 16.1. The number of unbranched alkanes of at least 4 members (excludes halogenated alkanes) is 1. The maximum absolute atomic E-state index is 12.3. The number of nitrogens with one attached hydrogen (secondary N) is 1. The fraction of sp³-hybridized carbons (Fsp3) is 0.312. The zero-order valence-electron chi connectivity index (χ0n) is 13.0. The Morgan fingerprint density at radius 2 is 2.17 bits per heavy atom. The molecule has 1 aromatic rings. The molecule has 0 bridgehead atoms. The van der Waals surface area contributed by atoms with Gasteiger partial charge in [-0.3, -0.25) is 19.3 Å². The van der Waals surface area contributed by atoms with Crippen LogP contribution in [0.1, 0.15) is 25.3 Å². The third-order valence-corrected chi connectivity index (χ3v) is 4.51. The van der Waals surface area contributed by atoms with Crippen molar-refractivity contribution < 1.29 is 19.5 Å². The van der Waals surface area contributed by atoms with Gasteiger partial charge in [-0.2, -0.15) is 0 Å². The van der Waals surface area contributed by atoms with Gasteiger partial charge in [-0.15, -0.1) is 0 Å². The van der Waals surface area contributed by atoms with Crippen molar-refractivity contribution in [1.29, 1.82) is 0 Å². The summed E-state index contributed by atoms with van der Waals surface area (Å²) >= 11 is 6.59. The minimum Gasteiger partial charge on any atom is -0.506 e. The molecule has 2 N–H and O–H groups in total. The molecule has 0 saturated carbocycles. The van der Waals surface area contributed by atoms with E-state index in [0.717, 1.165) is 29.5 Å². The van der Waals surface area contributed by atoms with Crippen molar-refractivity contribution in [3.63, 3.8) is 0 Å². The van der Waals surface area contributed by atoms with Gasteiger partial charge in [0.05, 0.1) is 9.93 Å². The minimum atomic E-state index is -0.514. The molecule has 0 spiro atoms. The summed E-state index contributed by atoms with van der Waals surface area (Å²) in [6, 6.07) is 4.47. The first-order valence-corrected chi connectivity index (χ1v) is 8.62. The maximum atomic E-state index is 12.3. The van der Waals surface area contributed by atoms with Crippen molar-refractivity contribution in [2.75, 3.05) is 13.1 Å². The van der Waals surface area contributed by atoms with Gasteiger partial charge in [0.2, 0.25) is 5.91 Å². The molecule has 1 aliphatic rings. The number of nitrogens with zero attached hydrogens (tertiary/aromatic N) is 1. The Bertz CT molecular complexity index is 705. The number of halogens is 1. The van der Waals surface area contributed by atoms with E-state index in [-0.39, 0.29) is 28.1 Å². The van der Waals surface area contributed by atoms with Crippen LogP contribution < -0.4 is 5.32 Å². The second-order valence-corrected chi connectivity index (χ2v) is 6.58. The Morgan fingerprint density at radius 1 is 1.42 bits per heavy atom. The Labute approximate surface area is 148 Å². The van der Waals surface area contributed by atoms with Crippen molar-refractivity contribution in [2.45, 2.75) is 19.8 Å². The first-order valence-electron chi connectivity index (χ1n) is 7.43. The highest BCUT2D eigenvalue weighted by Crippen LogP contribution is 2.33. The molecule has 0 radical (unpaired) electrons. The summed E-state index contributed by atoms with van der Waals surface area (Å²) in [5.41, 5.74) is 0.579. The molecule has 0 aliphatic carbocycles. The first kappa shape index (κ1) is 18.4. The molecular weight excluding hydrogens is 352 g/mol. The van der Waals surface area contributed by atoms with E-state index in [9.17, 15) is 19.5 Å². The highest BCUT2D eigenvalue weighted by molar-refractivity contribution is 8.18. The highest BCUT2D eigenvalue weighted by Gasteiger charge is 2.36. The number of hydrogen-bond donors (Lipinski definition) is 2. The summed E-state index contributed by atoms with van der Waals surface area (Å²) < 4.78 is 0. The molecule has 1 heterocycles. The number of hydrogen-bond acceptors (Lipinski definition) is 5. The standard InChI is InChI=1S/C16H17ClN2O4S/c1-2-3-6-18-14(21)9-19-15(22)13(24-16(19)23)8-10-4-5-12(20)11(17)7-10/h4-5,7-8,20H,2-3,6,9H2,1H3,(H,18,21)/b13-8-. The van der Waals surface area contributed by atoms with Crippen molar-refractivity contribution in [2.24, 2.45) is 0 Å². The Kier molecular flexibility index (Phi) is 6.28. The van der Waals surface area contributed by atoms with Gasteiger partial charge in [0, 0.05) is 6.54 Å². The van der Waals surface area contributed by atoms with E-state index < -0.39 is 11.1 Å². The number of aromatic hydroxyl groups is 1. The molecule has 1 fully saturated rings. The number of phenolic OH excluding ortho intramolecular Hbond substituents is 1. The number of carbonyl (C=O) groups is 3. The molecule has 128 valence electrons. The van der Waals surface area contributed by atoms with Crippen molar-refractivity contribution in [1.82, 2.24) is 10.2 Å². The van der Waals surface area contributed by atoms with E-state index in [1.54, 1.807) is 6.07 Å². The summed E-state index contributed by atoms with van der Waals surface area (Å²) in [7, 11) is 0. The van der Waals surface area contributed by atoms with Gasteiger partial charge in [-0.25, -0.2) is 0 Å². The topological polar surface area (TPSA) is 86.7 Å². The number of phenols is 1. The van der Waals surface area contributed by atoms with Crippen molar-refractivity contribution in [3.8, 4) is 5.75 Å². The van der Waals surface area contributed by atoms with E-state index in [2.05, 4.69) is 5.32 Å². The minimum absolute atomic E-state index is 0.0642. The predicted molar refractivity (Wildman–Crippen MR) is 93.7 cm³/mol. The van der Waals surface area contributed by atoms with Crippen LogP contribution in [0.3, 0.4) is 0 Å². The number of rotatable bonds is 6. The summed E-state index contributed by atoms with van der Waals surface area (Å²) in [6.07, 6.45) is 3.29. The summed E-state index contributed by atoms with van der Waals surface area (Å²) in [6.45, 7) is 2.23. The lowest BCUT2D eigenvalue weighted by atomic mass is 10.2. The summed E-state index contributed by atoms with van der Waals surface area (Å²) in [5.74, 6) is -0.940. The molecular formula is C16H17ClN2O4S. The SMILES string of the molecule is CCCCNC(=O)CN1C(=O)S/C(=C\c2ccc(O)c(Cl)c2)C1=O. The number of carbonyl (C=O) groups excluding carboxylic acids is 3. The molecule has 24 heavy (non-hydrogen) atoms. The van der Waals surface area contributed by atoms with Crippen LogP contribution in [0.15, 0.2) is 23.1 Å². The van der Waals surface area contributed by atoms with Gasteiger partial charge in [0.15, 0.2) is 0 Å². The Morgan fingerprint density at radius 3 is 2.83 bits per heavy atom. The van der Waals surface area contributed by atoms with Gasteiger partial charge in [0.1, 0.15) is 12.3 Å². The van der Waals surface area contributed by atoms with Crippen LogP contribution in [0.4, 0.5) is 4.79 Å². The van der Waals surface area contributed by atoms with E-state index in [1.807, 2.05) is 6.92 Å². The lowest BCUT2D eigenvalue weighted by Crippen LogP contribution is -2.39. The quantitative estimate of drug-likeness (QED) is 0.595. The molecule has 6 nitrogen and oxygen atoms in total. The molecule has 2 rings (SSSR count). The van der Waals surface area contributed by atoms with Crippen LogP contribution in [0.5, 0.6) is 5.75 Å². The number of thioether (sulfide) groups is 1. The van der Waals surface area contributed by atoms with Gasteiger partial charge in [-0.1, -0.05) is 31.0 Å². The summed E-state index contributed by atoms with van der Waals surface area (Å²) in [5, 5.41) is 11.7. The average molecular weight is 369 g/mol. The monoisotopic (exact) mass is 368 g/mol. The Balaban J connectivity index is 2.06. The molecule has 1 saturated heterocycles. The fourth-order valence-corrected chi connectivity index (χ4v) is 3.03. The average Bonchev–Trinajstić information content (AvgIpc) is 2.79. The zero-order valence-corrected chi connectivity index (χ0v) is 14.6. The molecule has 0 aromatic heterocycles. The highest BCUT2D eigenvalue weighted by atomic mass is 35.5. The first-order chi connectivity index (χ1) is 11.4. The number of amides is 3. The van der Waals surface area contributed by atoms with E-state index in [4.69, 9.17) is 11.6 Å². The van der Waals surface area contributed by atoms with Crippen LogP contribution in [0.2, 0.25) is 5.02 Å². The van der Waals surface area contributed by atoms with E-state index in [0.29, 0.717) is 12.1 Å². The van der Waals surface area contributed by atoms with Crippen LogP contribution in [0, 0.1) is 0 Å². The van der Waals surface area contributed by atoms with Gasteiger partial charge < -0.3 is 10.4 Å². The molecule has 0 unspecified atom stereocenters. The predicted octanol–water partition coefficient (Wildman–Crippen LogP) is 3.00. The van der Waals surface area contributed by atoms with Crippen LogP contribution in [0.25, 0.3) is 6.08 Å². The molecule has 1 aliphatic heterocycles. The number of benzene rings is 1. The zero-order chi connectivity index (χ0) is 17.7. The molecule has 0 atom stereocenters. The maximum Gasteiger partial charge on any atom is 0.294 e. The third-order valence-electron chi connectivity index (χ3n) is 3.30. The van der Waals surface area contributed by atoms with E-state index in [1.165, 1.54) is 18.2 Å². The van der Waals surface area contributed by atoms with Gasteiger partial charge >= 0.3 is 0 Å². The molecule has 3 amide bonds. The van der Waals surface area contributed by atoms with Crippen LogP contribution in [-0.2, 0) is 9.59 Å². The van der Waals surface area contributed by atoms with Crippen LogP contribution in [-0.4, -0.2) is 40.1 Å². The largest absolute Gasteiger partial charge is 0.506 e. The molecule has 8 heteroatoms. The van der Waals surface area contributed by atoms with Crippen molar-refractivity contribution >= 4 is 46.5 Å². The summed E-state index contributed by atoms with van der Waals surface area (Å²) in [4.78, 5) is 37.2. The lowest BCUT2D eigenvalue weighted by molar-refractivity contribution is -0.129. The van der Waals surface area contributed by atoms with Crippen molar-refractivity contribution in [3.05, 3.63) is 33.7 Å². The fourth-order valence-electron chi connectivity index (χ4n) is 2.00. The smallest absolute Gasteiger partial charge is 0.294 e. The lowest BCUT2D eigenvalue weighted by Gasteiger charge is -2.12. The van der Waals surface area contributed by atoms with Crippen LogP contribution >= 0.6 is 23.4 Å².